The fourth-order valence-corrected chi connectivity index (χ4v) is 15.1. The van der Waals surface area contributed by atoms with E-state index in [2.05, 4.69) is 34.6 Å². The number of phosphoric acid groups is 2. The van der Waals surface area contributed by atoms with Crippen LogP contribution < -0.4 is 0 Å². The lowest BCUT2D eigenvalue weighted by Crippen LogP contribution is -2.30. The van der Waals surface area contributed by atoms with E-state index in [1.54, 1.807) is 0 Å². The van der Waals surface area contributed by atoms with Crippen molar-refractivity contribution < 1.29 is 80.2 Å². The lowest BCUT2D eigenvalue weighted by molar-refractivity contribution is -0.161. The van der Waals surface area contributed by atoms with Gasteiger partial charge in [-0.2, -0.15) is 0 Å². The molecule has 19 heteroatoms. The standard InChI is InChI=1S/C86H168O17P2/c1-6-9-12-15-18-21-24-27-30-32-34-36-38-40-43-46-51-57-62-67-72-86(91)102-81(75-96-83(88)69-64-59-54-49-44-42-39-37-35-33-31-28-25-22-19-16-13-10-7-2)77-100-104(92,93)98-73-80(87)74-99-105(94,95)101-78-82(76-97-84(89)70-65-60-55-52-47-48-53-58-63-68-79(4)5)103-85(90)71-66-61-56-50-45-41-29-26-23-20-17-14-11-8-3/h79-82,87H,6-78H2,1-5H3,(H,92,93)(H,94,95)/t80-,81-,82-/m1/s1. The van der Waals surface area contributed by atoms with E-state index >= 15 is 0 Å². The van der Waals surface area contributed by atoms with Gasteiger partial charge < -0.3 is 33.8 Å². The maximum Gasteiger partial charge on any atom is 0.472 e. The van der Waals surface area contributed by atoms with Gasteiger partial charge in [-0.1, -0.05) is 413 Å². The second-order valence-electron chi connectivity index (χ2n) is 31.4. The number of ether oxygens (including phenoxy) is 4. The van der Waals surface area contributed by atoms with Crippen molar-refractivity contribution >= 4 is 39.5 Å². The maximum absolute atomic E-state index is 13.2. The molecular formula is C86H168O17P2. The van der Waals surface area contributed by atoms with Crippen LogP contribution in [-0.2, 0) is 65.4 Å². The van der Waals surface area contributed by atoms with Crippen LogP contribution >= 0.6 is 15.6 Å². The highest BCUT2D eigenvalue weighted by Crippen LogP contribution is 2.45. The van der Waals surface area contributed by atoms with Gasteiger partial charge >= 0.3 is 39.5 Å². The van der Waals surface area contributed by atoms with Crippen LogP contribution in [0.1, 0.15) is 465 Å². The molecule has 0 radical (unpaired) electrons. The Morgan fingerprint density at radius 2 is 0.438 bits per heavy atom. The summed E-state index contributed by atoms with van der Waals surface area (Å²) in [6.07, 6.45) is 72.2. The van der Waals surface area contributed by atoms with Crippen LogP contribution in [0.5, 0.6) is 0 Å². The molecule has 0 aromatic rings. The molecule has 0 aliphatic heterocycles. The molecule has 0 saturated heterocycles. The zero-order valence-electron chi connectivity index (χ0n) is 68.9. The van der Waals surface area contributed by atoms with Gasteiger partial charge in [0.05, 0.1) is 26.4 Å². The molecule has 3 N–H and O–H groups in total. The number of phosphoric ester groups is 2. The van der Waals surface area contributed by atoms with Gasteiger partial charge in [0, 0.05) is 25.7 Å². The van der Waals surface area contributed by atoms with E-state index in [-0.39, 0.29) is 25.7 Å². The number of aliphatic hydroxyl groups is 1. The van der Waals surface area contributed by atoms with Crippen molar-refractivity contribution in [1.29, 1.82) is 0 Å². The Bertz CT molecular complexity index is 2000. The molecule has 0 bridgehead atoms. The molecule has 0 saturated carbocycles. The Hall–Kier alpha value is -1.94. The summed E-state index contributed by atoms with van der Waals surface area (Å²) >= 11 is 0. The van der Waals surface area contributed by atoms with E-state index in [0.29, 0.717) is 25.7 Å². The fourth-order valence-electron chi connectivity index (χ4n) is 13.5. The number of hydrogen-bond acceptors (Lipinski definition) is 15. The number of rotatable bonds is 86. The van der Waals surface area contributed by atoms with Gasteiger partial charge in [-0.3, -0.25) is 37.3 Å². The topological polar surface area (TPSA) is 237 Å². The molecule has 0 spiro atoms. The summed E-state index contributed by atoms with van der Waals surface area (Å²) in [7, 11) is -9.93. The Balaban J connectivity index is 5.24. The third-order valence-corrected chi connectivity index (χ3v) is 22.2. The van der Waals surface area contributed by atoms with Gasteiger partial charge in [0.1, 0.15) is 19.3 Å². The van der Waals surface area contributed by atoms with E-state index in [9.17, 15) is 43.2 Å². The van der Waals surface area contributed by atoms with Crippen molar-refractivity contribution in [3.8, 4) is 0 Å². The van der Waals surface area contributed by atoms with Crippen LogP contribution in [0, 0.1) is 5.92 Å². The monoisotopic (exact) mass is 1540 g/mol. The van der Waals surface area contributed by atoms with Gasteiger partial charge in [-0.25, -0.2) is 9.13 Å². The Morgan fingerprint density at radius 3 is 0.648 bits per heavy atom. The minimum atomic E-state index is -4.97. The van der Waals surface area contributed by atoms with Crippen LogP contribution in [0.3, 0.4) is 0 Å². The van der Waals surface area contributed by atoms with E-state index in [1.807, 2.05) is 0 Å². The second kappa shape index (κ2) is 78.7. The quantitative estimate of drug-likeness (QED) is 0.0222. The summed E-state index contributed by atoms with van der Waals surface area (Å²) in [5.41, 5.74) is 0. The zero-order chi connectivity index (χ0) is 76.9. The Morgan fingerprint density at radius 1 is 0.257 bits per heavy atom. The lowest BCUT2D eigenvalue weighted by Gasteiger charge is -2.21. The van der Waals surface area contributed by atoms with Crippen molar-refractivity contribution in [1.82, 2.24) is 0 Å². The second-order valence-corrected chi connectivity index (χ2v) is 34.3. The van der Waals surface area contributed by atoms with Crippen molar-refractivity contribution in [2.24, 2.45) is 5.92 Å². The first kappa shape index (κ1) is 103. The molecule has 0 heterocycles. The predicted molar refractivity (Wildman–Crippen MR) is 432 cm³/mol. The Labute approximate surface area is 645 Å². The maximum atomic E-state index is 13.2. The summed E-state index contributed by atoms with van der Waals surface area (Å²) < 4.78 is 68.9. The summed E-state index contributed by atoms with van der Waals surface area (Å²) in [5, 5.41) is 10.7. The predicted octanol–water partition coefficient (Wildman–Crippen LogP) is 26.4. The molecule has 0 aromatic heterocycles. The molecule has 0 fully saturated rings. The van der Waals surface area contributed by atoms with Crippen LogP contribution in [0.25, 0.3) is 0 Å². The van der Waals surface area contributed by atoms with Crippen molar-refractivity contribution in [2.75, 3.05) is 39.6 Å². The Kier molecular flexibility index (Phi) is 77.3. The number of carbonyl (C=O) groups is 4. The summed E-state index contributed by atoms with van der Waals surface area (Å²) in [6, 6.07) is 0. The van der Waals surface area contributed by atoms with Gasteiger partial charge in [0.15, 0.2) is 12.2 Å². The highest BCUT2D eigenvalue weighted by molar-refractivity contribution is 7.47. The lowest BCUT2D eigenvalue weighted by atomic mass is 10.0. The molecule has 17 nitrogen and oxygen atoms in total. The summed E-state index contributed by atoms with van der Waals surface area (Å²) in [4.78, 5) is 73.2. The first-order chi connectivity index (χ1) is 51.0. The highest BCUT2D eigenvalue weighted by atomic mass is 31.2. The minimum Gasteiger partial charge on any atom is -0.462 e. The van der Waals surface area contributed by atoms with E-state index < -0.39 is 97.5 Å². The average molecular weight is 1540 g/mol. The fraction of sp³-hybridized carbons (Fsp3) is 0.953. The first-order valence-electron chi connectivity index (χ1n) is 44.6. The third-order valence-electron chi connectivity index (χ3n) is 20.3. The molecule has 0 amide bonds. The normalized spacial score (nSPS) is 13.8. The smallest absolute Gasteiger partial charge is 0.462 e. The van der Waals surface area contributed by atoms with Gasteiger partial charge in [-0.15, -0.1) is 0 Å². The van der Waals surface area contributed by atoms with Crippen molar-refractivity contribution in [3.05, 3.63) is 0 Å². The molecule has 0 rings (SSSR count). The molecule has 0 aliphatic rings. The number of carbonyl (C=O) groups excluding carboxylic acids is 4. The zero-order valence-corrected chi connectivity index (χ0v) is 70.7. The highest BCUT2D eigenvalue weighted by Gasteiger charge is 2.30. The van der Waals surface area contributed by atoms with E-state index in [0.717, 1.165) is 95.8 Å². The number of unbranched alkanes of at least 4 members (excludes halogenated alkanes) is 58. The minimum absolute atomic E-state index is 0.108. The average Bonchev–Trinajstić information content (AvgIpc) is 0.912. The molecule has 105 heavy (non-hydrogen) atoms. The summed E-state index contributed by atoms with van der Waals surface area (Å²) in [5.74, 6) is -1.36. The largest absolute Gasteiger partial charge is 0.472 e. The van der Waals surface area contributed by atoms with Crippen LogP contribution in [-0.4, -0.2) is 96.7 Å². The van der Waals surface area contributed by atoms with Crippen molar-refractivity contribution in [3.63, 3.8) is 0 Å². The SMILES string of the molecule is CCCCCCCCCCCCCCCCCCCCCCC(=O)O[C@H](COC(=O)CCCCCCCCCCCCCCCCCCCCC)COP(=O)(O)OC[C@@H](O)COP(=O)(O)OC[C@@H](COC(=O)CCCCCCCCCCCC(C)C)OC(=O)CCCCCCCCCCCCCCCC. The van der Waals surface area contributed by atoms with E-state index in [1.165, 1.54) is 289 Å². The first-order valence-corrected chi connectivity index (χ1v) is 47.6. The van der Waals surface area contributed by atoms with Gasteiger partial charge in [0.2, 0.25) is 0 Å². The molecular weight excluding hydrogens is 1370 g/mol. The number of esters is 4. The molecule has 0 aliphatic carbocycles. The molecule has 5 atom stereocenters. The summed E-state index contributed by atoms with van der Waals surface area (Å²) in [6.45, 7) is 7.35. The van der Waals surface area contributed by atoms with Crippen LogP contribution in [0.2, 0.25) is 0 Å². The molecule has 624 valence electrons. The van der Waals surface area contributed by atoms with Crippen LogP contribution in [0.4, 0.5) is 0 Å². The van der Waals surface area contributed by atoms with Gasteiger partial charge in [-0.05, 0) is 31.6 Å². The molecule has 2 unspecified atom stereocenters. The number of aliphatic hydroxyl groups excluding tert-OH is 1. The van der Waals surface area contributed by atoms with Crippen molar-refractivity contribution in [2.45, 2.75) is 483 Å². The van der Waals surface area contributed by atoms with Gasteiger partial charge in [0.25, 0.3) is 0 Å². The molecule has 0 aromatic carbocycles. The van der Waals surface area contributed by atoms with Crippen LogP contribution in [0.15, 0.2) is 0 Å². The van der Waals surface area contributed by atoms with E-state index in [4.69, 9.17) is 37.0 Å². The number of hydrogen-bond donors (Lipinski definition) is 3. The third kappa shape index (κ3) is 79.9.